The van der Waals surface area contributed by atoms with E-state index in [1.807, 2.05) is 25.9 Å². The summed E-state index contributed by atoms with van der Waals surface area (Å²) in [6.45, 7) is 3.18. The van der Waals surface area contributed by atoms with Crippen LogP contribution in [0, 0.1) is 11.3 Å². The van der Waals surface area contributed by atoms with Crippen molar-refractivity contribution in [3.63, 3.8) is 0 Å². The third-order valence-electron chi connectivity index (χ3n) is 2.15. The number of hydrogen-bond donors (Lipinski definition) is 1. The fraction of sp³-hybridized carbons (Fsp3) is 0.800. The summed E-state index contributed by atoms with van der Waals surface area (Å²) in [6, 6.07) is 1.82. The van der Waals surface area contributed by atoms with Gasteiger partial charge in [-0.1, -0.05) is 6.92 Å². The maximum absolute atomic E-state index is 10.6. The molecule has 0 spiro atoms. The number of likely N-dealkylation sites (N-methyl/N-ethyl adjacent to an activating group) is 1. The summed E-state index contributed by atoms with van der Waals surface area (Å²) in [5, 5.41) is 17.6. The highest BCUT2D eigenvalue weighted by atomic mass is 16.4. The molecule has 0 bridgehead atoms. The van der Waals surface area contributed by atoms with E-state index in [1.165, 1.54) is 0 Å². The van der Waals surface area contributed by atoms with E-state index in [0.717, 1.165) is 6.54 Å². The van der Waals surface area contributed by atoms with Crippen molar-refractivity contribution in [3.05, 3.63) is 0 Å². The van der Waals surface area contributed by atoms with Crippen molar-refractivity contribution in [2.24, 2.45) is 0 Å². The Morgan fingerprint density at radius 2 is 2.07 bits per heavy atom. The second kappa shape index (κ2) is 7.21. The minimum absolute atomic E-state index is 0.0695. The van der Waals surface area contributed by atoms with E-state index in [0.29, 0.717) is 13.0 Å². The number of nitriles is 1. The predicted octanol–water partition coefficient (Wildman–Crippen LogP) is 0.237. The van der Waals surface area contributed by atoms with Crippen LogP contribution in [0.15, 0.2) is 0 Å². The van der Waals surface area contributed by atoms with E-state index in [-0.39, 0.29) is 12.6 Å². The SMILES string of the molecule is CCC(C#N)N(CCN(C)C)CC(=O)O. The lowest BCUT2D eigenvalue weighted by Gasteiger charge is -2.25. The van der Waals surface area contributed by atoms with Gasteiger partial charge in [0.2, 0.25) is 0 Å². The van der Waals surface area contributed by atoms with Crippen LogP contribution in [0.4, 0.5) is 0 Å². The number of aliphatic carboxylic acids is 1. The summed E-state index contributed by atoms with van der Waals surface area (Å²) >= 11 is 0. The standard InChI is InChI=1S/C10H19N3O2/c1-4-9(7-11)13(8-10(14)15)6-5-12(2)3/h9H,4-6,8H2,1-3H3,(H,14,15). The van der Waals surface area contributed by atoms with Gasteiger partial charge in [-0.05, 0) is 20.5 Å². The van der Waals surface area contributed by atoms with Crippen molar-refractivity contribution in [1.29, 1.82) is 5.26 Å². The quantitative estimate of drug-likeness (QED) is 0.656. The van der Waals surface area contributed by atoms with Crippen LogP contribution >= 0.6 is 0 Å². The molecule has 0 fully saturated rings. The highest BCUT2D eigenvalue weighted by Gasteiger charge is 2.18. The molecule has 0 aromatic rings. The van der Waals surface area contributed by atoms with Gasteiger partial charge in [0.25, 0.3) is 0 Å². The first kappa shape index (κ1) is 13.9. The van der Waals surface area contributed by atoms with Gasteiger partial charge in [-0.15, -0.1) is 0 Å². The molecular weight excluding hydrogens is 194 g/mol. The van der Waals surface area contributed by atoms with E-state index < -0.39 is 5.97 Å². The third-order valence-corrected chi connectivity index (χ3v) is 2.15. The number of carboxylic acids is 1. The van der Waals surface area contributed by atoms with Gasteiger partial charge < -0.3 is 10.0 Å². The summed E-state index contributed by atoms with van der Waals surface area (Å²) in [5.41, 5.74) is 0. The number of carbonyl (C=O) groups is 1. The van der Waals surface area contributed by atoms with Gasteiger partial charge in [0.05, 0.1) is 18.7 Å². The molecule has 5 nitrogen and oxygen atoms in total. The Bertz CT molecular complexity index is 235. The fourth-order valence-corrected chi connectivity index (χ4v) is 1.28. The zero-order valence-electron chi connectivity index (χ0n) is 9.60. The summed E-state index contributed by atoms with van der Waals surface area (Å²) in [4.78, 5) is 14.3. The van der Waals surface area contributed by atoms with Crippen molar-refractivity contribution in [3.8, 4) is 6.07 Å². The fourth-order valence-electron chi connectivity index (χ4n) is 1.28. The molecule has 1 atom stereocenters. The summed E-state index contributed by atoms with van der Waals surface area (Å²) in [6.07, 6.45) is 0.650. The molecule has 5 heteroatoms. The minimum Gasteiger partial charge on any atom is -0.480 e. The highest BCUT2D eigenvalue weighted by Crippen LogP contribution is 2.02. The zero-order chi connectivity index (χ0) is 11.8. The number of rotatable bonds is 7. The Balaban J connectivity index is 4.30. The summed E-state index contributed by atoms with van der Waals surface area (Å²) in [7, 11) is 3.85. The lowest BCUT2D eigenvalue weighted by molar-refractivity contribution is -0.138. The highest BCUT2D eigenvalue weighted by molar-refractivity contribution is 5.69. The molecule has 0 aromatic heterocycles. The van der Waals surface area contributed by atoms with E-state index in [9.17, 15) is 4.79 Å². The molecule has 0 saturated heterocycles. The largest absolute Gasteiger partial charge is 0.480 e. The van der Waals surface area contributed by atoms with Crippen molar-refractivity contribution in [1.82, 2.24) is 9.80 Å². The van der Waals surface area contributed by atoms with Crippen LogP contribution in [0.3, 0.4) is 0 Å². The Labute approximate surface area is 90.9 Å². The van der Waals surface area contributed by atoms with Gasteiger partial charge >= 0.3 is 5.97 Å². The second-order valence-electron chi connectivity index (χ2n) is 3.72. The Hall–Kier alpha value is -1.12. The van der Waals surface area contributed by atoms with Crippen molar-refractivity contribution in [2.45, 2.75) is 19.4 Å². The molecule has 0 heterocycles. The first-order valence-corrected chi connectivity index (χ1v) is 5.01. The van der Waals surface area contributed by atoms with E-state index in [2.05, 4.69) is 6.07 Å². The maximum Gasteiger partial charge on any atom is 0.317 e. The zero-order valence-corrected chi connectivity index (χ0v) is 9.60. The topological polar surface area (TPSA) is 67.6 Å². The van der Waals surface area contributed by atoms with Crippen molar-refractivity contribution >= 4 is 5.97 Å². The predicted molar refractivity (Wildman–Crippen MR) is 57.5 cm³/mol. The smallest absolute Gasteiger partial charge is 0.317 e. The van der Waals surface area contributed by atoms with Crippen LogP contribution in [-0.2, 0) is 4.79 Å². The molecule has 0 aliphatic heterocycles. The molecule has 86 valence electrons. The Morgan fingerprint density at radius 3 is 2.40 bits per heavy atom. The van der Waals surface area contributed by atoms with E-state index >= 15 is 0 Å². The molecular formula is C10H19N3O2. The monoisotopic (exact) mass is 213 g/mol. The van der Waals surface area contributed by atoms with Gasteiger partial charge in [-0.25, -0.2) is 0 Å². The summed E-state index contributed by atoms with van der Waals surface area (Å²) in [5.74, 6) is -0.887. The number of hydrogen-bond acceptors (Lipinski definition) is 4. The third kappa shape index (κ3) is 6.05. The molecule has 0 aliphatic carbocycles. The normalized spacial score (nSPS) is 12.8. The molecule has 0 saturated carbocycles. The lowest BCUT2D eigenvalue weighted by Crippen LogP contribution is -2.41. The van der Waals surface area contributed by atoms with Gasteiger partial charge in [0.15, 0.2) is 0 Å². The molecule has 0 amide bonds. The van der Waals surface area contributed by atoms with Crippen LogP contribution in [0.5, 0.6) is 0 Å². The second-order valence-corrected chi connectivity index (χ2v) is 3.72. The van der Waals surface area contributed by atoms with Crippen molar-refractivity contribution < 1.29 is 9.90 Å². The van der Waals surface area contributed by atoms with Crippen LogP contribution in [0.1, 0.15) is 13.3 Å². The first-order chi connectivity index (χ1) is 7.01. The van der Waals surface area contributed by atoms with E-state index in [4.69, 9.17) is 10.4 Å². The number of nitrogens with zero attached hydrogens (tertiary/aromatic N) is 3. The van der Waals surface area contributed by atoms with Crippen molar-refractivity contribution in [2.75, 3.05) is 33.7 Å². The average Bonchev–Trinajstić information content (AvgIpc) is 2.14. The van der Waals surface area contributed by atoms with Gasteiger partial charge in [-0.2, -0.15) is 5.26 Å². The van der Waals surface area contributed by atoms with Gasteiger partial charge in [0.1, 0.15) is 0 Å². The van der Waals surface area contributed by atoms with Crippen LogP contribution in [0.2, 0.25) is 0 Å². The van der Waals surface area contributed by atoms with Gasteiger partial charge in [-0.3, -0.25) is 9.69 Å². The molecule has 0 aromatic carbocycles. The molecule has 0 aliphatic rings. The molecule has 0 rings (SSSR count). The lowest BCUT2D eigenvalue weighted by atomic mass is 10.2. The molecule has 0 radical (unpaired) electrons. The summed E-state index contributed by atoms with van der Waals surface area (Å²) < 4.78 is 0. The maximum atomic E-state index is 10.6. The Kier molecular flexibility index (Phi) is 6.67. The van der Waals surface area contributed by atoms with Gasteiger partial charge in [0, 0.05) is 13.1 Å². The van der Waals surface area contributed by atoms with E-state index in [1.54, 1.807) is 4.90 Å². The first-order valence-electron chi connectivity index (χ1n) is 5.01. The van der Waals surface area contributed by atoms with Crippen LogP contribution in [-0.4, -0.2) is 60.6 Å². The van der Waals surface area contributed by atoms with Crippen LogP contribution in [0.25, 0.3) is 0 Å². The average molecular weight is 213 g/mol. The molecule has 15 heavy (non-hydrogen) atoms. The molecule has 1 N–H and O–H groups in total. The Morgan fingerprint density at radius 1 is 1.47 bits per heavy atom. The minimum atomic E-state index is -0.887. The van der Waals surface area contributed by atoms with Crippen LogP contribution < -0.4 is 0 Å². The molecule has 1 unspecified atom stereocenters. The number of carboxylic acid groups (broad SMARTS) is 1.